The normalized spacial score (nSPS) is 9.38. The molecule has 0 amide bonds. The summed E-state index contributed by atoms with van der Waals surface area (Å²) < 4.78 is 0. The number of phenols is 2. The lowest BCUT2D eigenvalue weighted by atomic mass is 10.1. The summed E-state index contributed by atoms with van der Waals surface area (Å²) in [6.45, 7) is 1.65. The molecule has 4 N–H and O–H groups in total. The second-order valence-corrected chi connectivity index (χ2v) is 4.10. The number of hydrogen-bond acceptors (Lipinski definition) is 4. The van der Waals surface area contributed by atoms with E-state index in [4.69, 9.17) is 15.3 Å². The summed E-state index contributed by atoms with van der Waals surface area (Å²) >= 11 is 0. The van der Waals surface area contributed by atoms with Crippen LogP contribution in [0.4, 0.5) is 0 Å². The third kappa shape index (κ3) is 4.24. The summed E-state index contributed by atoms with van der Waals surface area (Å²) in [5, 5.41) is 35.0. The van der Waals surface area contributed by atoms with Gasteiger partial charge in [0.1, 0.15) is 22.6 Å². The van der Waals surface area contributed by atoms with Gasteiger partial charge in [-0.15, -0.1) is 0 Å². The van der Waals surface area contributed by atoms with E-state index in [1.807, 2.05) is 0 Å². The third-order valence-electron chi connectivity index (χ3n) is 2.60. The van der Waals surface area contributed by atoms with Gasteiger partial charge in [-0.2, -0.15) is 0 Å². The smallest absolute Gasteiger partial charge is 0.339 e. The van der Waals surface area contributed by atoms with E-state index in [-0.39, 0.29) is 22.6 Å². The van der Waals surface area contributed by atoms with E-state index in [1.54, 1.807) is 31.2 Å². The third-order valence-corrected chi connectivity index (χ3v) is 2.60. The lowest BCUT2D eigenvalue weighted by molar-refractivity contribution is 0.0682. The van der Waals surface area contributed by atoms with Gasteiger partial charge >= 0.3 is 11.9 Å². The minimum atomic E-state index is -1.11. The maximum atomic E-state index is 10.4. The van der Waals surface area contributed by atoms with Crippen molar-refractivity contribution in [3.63, 3.8) is 0 Å². The van der Waals surface area contributed by atoms with Gasteiger partial charge in [0, 0.05) is 0 Å². The Hall–Kier alpha value is -3.02. The molecule has 2 rings (SSSR count). The molecule has 0 saturated heterocycles. The second kappa shape index (κ2) is 6.95. The van der Waals surface area contributed by atoms with Crippen LogP contribution in [0.15, 0.2) is 42.5 Å². The van der Waals surface area contributed by atoms with E-state index in [2.05, 4.69) is 0 Å². The van der Waals surface area contributed by atoms with Crippen LogP contribution in [0, 0.1) is 6.92 Å². The van der Waals surface area contributed by atoms with E-state index >= 15 is 0 Å². The van der Waals surface area contributed by atoms with Gasteiger partial charge in [-0.25, -0.2) is 9.59 Å². The molecule has 0 unspecified atom stereocenters. The van der Waals surface area contributed by atoms with Crippen LogP contribution in [0.5, 0.6) is 11.5 Å². The van der Waals surface area contributed by atoms with Crippen LogP contribution in [0.2, 0.25) is 0 Å². The minimum absolute atomic E-state index is 0.0509. The average Bonchev–Trinajstić information content (AvgIpc) is 2.42. The molecule has 0 aliphatic rings. The van der Waals surface area contributed by atoms with Crippen LogP contribution in [-0.2, 0) is 0 Å². The zero-order valence-electron chi connectivity index (χ0n) is 11.1. The van der Waals surface area contributed by atoms with Crippen molar-refractivity contribution in [2.45, 2.75) is 6.92 Å². The van der Waals surface area contributed by atoms with E-state index < -0.39 is 11.9 Å². The lowest BCUT2D eigenvalue weighted by Gasteiger charge is -2.00. The topological polar surface area (TPSA) is 115 Å². The zero-order chi connectivity index (χ0) is 16.0. The Bertz CT molecular complexity index is 663. The molecule has 0 fully saturated rings. The molecule has 110 valence electrons. The number of carbonyl (C=O) groups is 2. The van der Waals surface area contributed by atoms with Gasteiger partial charge in [0.25, 0.3) is 0 Å². The van der Waals surface area contributed by atoms with E-state index in [0.717, 1.165) is 0 Å². The molecular formula is C15H14O6. The number of para-hydroxylation sites is 2. The fraction of sp³-hybridized carbons (Fsp3) is 0.0667. The summed E-state index contributed by atoms with van der Waals surface area (Å²) in [5.41, 5.74) is 0.456. The summed E-state index contributed by atoms with van der Waals surface area (Å²) in [5.74, 6) is -2.57. The molecular weight excluding hydrogens is 276 g/mol. The molecule has 0 radical (unpaired) electrons. The number of benzene rings is 2. The first kappa shape index (κ1) is 16.0. The van der Waals surface area contributed by atoms with Crippen LogP contribution in [0.25, 0.3) is 0 Å². The maximum Gasteiger partial charge on any atom is 0.339 e. The summed E-state index contributed by atoms with van der Waals surface area (Å²) in [6, 6.07) is 10.4. The van der Waals surface area contributed by atoms with Gasteiger partial charge in [0.15, 0.2) is 0 Å². The van der Waals surface area contributed by atoms with Gasteiger partial charge in [-0.05, 0) is 30.7 Å². The van der Waals surface area contributed by atoms with Crippen LogP contribution in [-0.4, -0.2) is 32.4 Å². The Morgan fingerprint density at radius 3 is 1.76 bits per heavy atom. The molecule has 2 aromatic carbocycles. The SMILES string of the molecule is Cc1cccc(C(=O)O)c1O.O=C(O)c1ccccc1O. The largest absolute Gasteiger partial charge is 0.507 e. The van der Waals surface area contributed by atoms with Crippen LogP contribution in [0.1, 0.15) is 26.3 Å². The summed E-state index contributed by atoms with van der Waals surface area (Å²) in [6.07, 6.45) is 0. The second-order valence-electron chi connectivity index (χ2n) is 4.10. The van der Waals surface area contributed by atoms with Crippen molar-refractivity contribution in [1.82, 2.24) is 0 Å². The van der Waals surface area contributed by atoms with Crippen LogP contribution < -0.4 is 0 Å². The molecule has 0 saturated carbocycles. The number of aryl methyl sites for hydroxylation is 1. The molecule has 6 nitrogen and oxygen atoms in total. The number of aromatic carboxylic acids is 2. The highest BCUT2D eigenvalue weighted by atomic mass is 16.4. The lowest BCUT2D eigenvalue weighted by Crippen LogP contribution is -1.96. The number of carboxylic acids is 2. The molecule has 0 aromatic heterocycles. The van der Waals surface area contributed by atoms with E-state index in [9.17, 15) is 14.7 Å². The maximum absolute atomic E-state index is 10.4. The van der Waals surface area contributed by atoms with Gasteiger partial charge < -0.3 is 20.4 Å². The van der Waals surface area contributed by atoms with Gasteiger partial charge in [-0.1, -0.05) is 24.3 Å². The Morgan fingerprint density at radius 2 is 1.33 bits per heavy atom. The first-order chi connectivity index (χ1) is 9.84. The molecule has 2 aromatic rings. The van der Waals surface area contributed by atoms with Crippen molar-refractivity contribution in [3.05, 3.63) is 59.2 Å². The first-order valence-electron chi connectivity index (χ1n) is 5.87. The Kier molecular flexibility index (Phi) is 5.31. The fourth-order valence-corrected chi connectivity index (χ4v) is 1.49. The minimum Gasteiger partial charge on any atom is -0.507 e. The number of aromatic hydroxyl groups is 2. The molecule has 0 heterocycles. The van der Waals surface area contributed by atoms with E-state index in [0.29, 0.717) is 5.56 Å². The fourth-order valence-electron chi connectivity index (χ4n) is 1.49. The predicted octanol–water partition coefficient (Wildman–Crippen LogP) is 2.49. The van der Waals surface area contributed by atoms with Crippen molar-refractivity contribution in [2.75, 3.05) is 0 Å². The van der Waals surface area contributed by atoms with Crippen molar-refractivity contribution < 1.29 is 30.0 Å². The average molecular weight is 290 g/mol. The van der Waals surface area contributed by atoms with Crippen molar-refractivity contribution in [1.29, 1.82) is 0 Å². The summed E-state index contributed by atoms with van der Waals surface area (Å²) in [7, 11) is 0. The highest BCUT2D eigenvalue weighted by Crippen LogP contribution is 2.20. The highest BCUT2D eigenvalue weighted by molar-refractivity contribution is 5.91. The standard InChI is InChI=1S/C8H8O3.C7H6O3/c1-5-3-2-4-6(7(5)9)8(10)11;8-6-4-2-1-3-5(6)7(9)10/h2-4,9H,1H3,(H,10,11);1-4,8H,(H,9,10). The van der Waals surface area contributed by atoms with Gasteiger partial charge in [-0.3, -0.25) is 0 Å². The van der Waals surface area contributed by atoms with E-state index in [1.165, 1.54) is 18.2 Å². The molecule has 21 heavy (non-hydrogen) atoms. The molecule has 0 aliphatic heterocycles. The molecule has 6 heteroatoms. The Morgan fingerprint density at radius 1 is 0.810 bits per heavy atom. The first-order valence-corrected chi connectivity index (χ1v) is 5.87. The molecule has 0 atom stereocenters. The van der Waals surface area contributed by atoms with Crippen molar-refractivity contribution in [2.24, 2.45) is 0 Å². The van der Waals surface area contributed by atoms with Crippen molar-refractivity contribution in [3.8, 4) is 11.5 Å². The van der Waals surface area contributed by atoms with Crippen molar-refractivity contribution >= 4 is 11.9 Å². The Labute approximate surface area is 120 Å². The molecule has 0 bridgehead atoms. The molecule has 0 spiro atoms. The quantitative estimate of drug-likeness (QED) is 0.675. The van der Waals surface area contributed by atoms with Crippen LogP contribution >= 0.6 is 0 Å². The molecule has 0 aliphatic carbocycles. The van der Waals surface area contributed by atoms with Gasteiger partial charge in [0.05, 0.1) is 0 Å². The number of hydrogen-bond donors (Lipinski definition) is 4. The summed E-state index contributed by atoms with van der Waals surface area (Å²) in [4.78, 5) is 20.7. The number of rotatable bonds is 2. The van der Waals surface area contributed by atoms with Crippen LogP contribution in [0.3, 0.4) is 0 Å². The van der Waals surface area contributed by atoms with Gasteiger partial charge in [0.2, 0.25) is 0 Å². The zero-order valence-corrected chi connectivity index (χ0v) is 11.1. The highest BCUT2D eigenvalue weighted by Gasteiger charge is 2.09. The predicted molar refractivity (Wildman–Crippen MR) is 74.9 cm³/mol. The number of carboxylic acid groups (broad SMARTS) is 2. The Balaban J connectivity index is 0.000000211. The monoisotopic (exact) mass is 290 g/mol.